The Hall–Kier alpha value is -2.36. The molecule has 0 bridgehead atoms. The third-order valence-electron chi connectivity index (χ3n) is 5.38. The van der Waals surface area contributed by atoms with Crippen LogP contribution in [0, 0.1) is 0 Å². The average Bonchev–Trinajstić information content (AvgIpc) is 3.36. The third-order valence-corrected chi connectivity index (χ3v) is 7.18. The van der Waals surface area contributed by atoms with Crippen LogP contribution in [0.5, 0.6) is 11.5 Å². The predicted molar refractivity (Wildman–Crippen MR) is 119 cm³/mol. The lowest BCUT2D eigenvalue weighted by Gasteiger charge is -2.29. The van der Waals surface area contributed by atoms with Gasteiger partial charge in [0.05, 0.1) is 20.8 Å². The van der Waals surface area contributed by atoms with Gasteiger partial charge in [0.25, 0.3) is 0 Å². The van der Waals surface area contributed by atoms with Crippen LogP contribution in [0.25, 0.3) is 0 Å². The number of fused-ring (bicyclic) bond motifs is 1. The summed E-state index contributed by atoms with van der Waals surface area (Å²) >= 11 is 2.57. The fourth-order valence-electron chi connectivity index (χ4n) is 3.80. The van der Waals surface area contributed by atoms with E-state index in [1.165, 1.54) is 15.7 Å². The molecule has 2 aromatic heterocycles. The van der Waals surface area contributed by atoms with Gasteiger partial charge in [0.2, 0.25) is 0 Å². The molecule has 160 valence electrons. The van der Waals surface area contributed by atoms with Gasteiger partial charge in [-0.1, -0.05) is 6.07 Å². The van der Waals surface area contributed by atoms with Gasteiger partial charge in [0, 0.05) is 42.6 Å². The van der Waals surface area contributed by atoms with Crippen LogP contribution in [0.2, 0.25) is 0 Å². The van der Waals surface area contributed by atoms with Crippen LogP contribution in [-0.4, -0.2) is 40.7 Å². The molecule has 1 aliphatic heterocycles. The van der Waals surface area contributed by atoms with Crippen LogP contribution < -0.4 is 20.0 Å². The maximum atomic E-state index is 12.6. The van der Waals surface area contributed by atoms with E-state index in [0.717, 1.165) is 60.4 Å². The number of ether oxygens (including phenoxy) is 2. The van der Waals surface area contributed by atoms with Crippen molar-refractivity contribution < 1.29 is 9.47 Å². The molecule has 0 spiro atoms. The summed E-state index contributed by atoms with van der Waals surface area (Å²) in [6.45, 7) is 3.60. The number of thiophene rings is 1. The summed E-state index contributed by atoms with van der Waals surface area (Å²) in [6, 6.07) is 8.00. The number of hydrogen-bond acceptors (Lipinski definition) is 7. The number of rotatable bonds is 8. The lowest BCUT2D eigenvalue weighted by atomic mass is 9.98. The summed E-state index contributed by atoms with van der Waals surface area (Å²) in [7, 11) is 3.31. The molecule has 0 saturated carbocycles. The van der Waals surface area contributed by atoms with Crippen LogP contribution >= 0.6 is 22.9 Å². The van der Waals surface area contributed by atoms with Crippen molar-refractivity contribution in [2.24, 2.45) is 0 Å². The van der Waals surface area contributed by atoms with Crippen molar-refractivity contribution in [2.75, 3.05) is 27.3 Å². The zero-order valence-corrected chi connectivity index (χ0v) is 18.8. The fourth-order valence-corrected chi connectivity index (χ4v) is 5.32. The van der Waals surface area contributed by atoms with Crippen molar-refractivity contribution in [3.8, 4) is 11.5 Å². The van der Waals surface area contributed by atoms with Gasteiger partial charge >= 0.3 is 10.6 Å². The maximum absolute atomic E-state index is 12.6. The average molecular weight is 448 g/mol. The molecule has 1 aromatic carbocycles. The lowest BCUT2D eigenvalue weighted by molar-refractivity contribution is 0.245. The van der Waals surface area contributed by atoms with E-state index in [-0.39, 0.29) is 10.6 Å². The van der Waals surface area contributed by atoms with Crippen LogP contribution in [0.4, 0.5) is 0 Å². The minimum Gasteiger partial charge on any atom is -0.493 e. The lowest BCUT2D eigenvalue weighted by Crippen LogP contribution is -2.33. The topological polar surface area (TPSA) is 65.7 Å². The Balaban J connectivity index is 1.37. The van der Waals surface area contributed by atoms with Gasteiger partial charge in [-0.3, -0.25) is 9.69 Å². The van der Waals surface area contributed by atoms with Crippen molar-refractivity contribution >= 4 is 22.9 Å². The largest absolute Gasteiger partial charge is 0.493 e. The molecule has 4 rings (SSSR count). The maximum Gasteiger partial charge on any atom is 0.341 e. The van der Waals surface area contributed by atoms with E-state index in [1.54, 1.807) is 29.5 Å². The third kappa shape index (κ3) is 4.38. The predicted octanol–water partition coefficient (Wildman–Crippen LogP) is 2.65. The Morgan fingerprint density at radius 2 is 1.83 bits per heavy atom. The summed E-state index contributed by atoms with van der Waals surface area (Å²) in [5.41, 5.74) is 2.34. The molecule has 3 heterocycles. The zero-order valence-electron chi connectivity index (χ0n) is 17.1. The highest BCUT2D eigenvalue weighted by Gasteiger charge is 2.19. The highest BCUT2D eigenvalue weighted by molar-refractivity contribution is 7.09. The normalized spacial score (nSPS) is 13.9. The van der Waals surface area contributed by atoms with Crippen molar-refractivity contribution in [1.29, 1.82) is 0 Å². The molecule has 0 fully saturated rings. The Morgan fingerprint density at radius 1 is 1.07 bits per heavy atom. The molecule has 30 heavy (non-hydrogen) atoms. The highest BCUT2D eigenvalue weighted by Crippen LogP contribution is 2.33. The first-order chi connectivity index (χ1) is 14.6. The number of methoxy groups -OCH3 is 2. The summed E-state index contributed by atoms with van der Waals surface area (Å²) < 4.78 is 13.7. The van der Waals surface area contributed by atoms with Gasteiger partial charge in [0.15, 0.2) is 11.5 Å². The molecule has 0 unspecified atom stereocenters. The summed E-state index contributed by atoms with van der Waals surface area (Å²) in [5.74, 6) is 1.52. The molecule has 0 atom stereocenters. The minimum absolute atomic E-state index is 0.193. The van der Waals surface area contributed by atoms with E-state index in [1.807, 2.05) is 17.5 Å². The molecule has 3 aromatic rings. The van der Waals surface area contributed by atoms with Crippen LogP contribution in [-0.2, 0) is 26.1 Å². The Kier molecular flexibility index (Phi) is 6.40. The van der Waals surface area contributed by atoms with Crippen molar-refractivity contribution in [3.63, 3.8) is 0 Å². The number of aryl methyl sites for hydroxylation is 1. The summed E-state index contributed by atoms with van der Waals surface area (Å²) in [5, 5.41) is 1.95. The van der Waals surface area contributed by atoms with Gasteiger partial charge in [-0.05, 0) is 47.5 Å². The van der Waals surface area contributed by atoms with Crippen molar-refractivity contribution in [1.82, 2.24) is 13.4 Å². The van der Waals surface area contributed by atoms with E-state index >= 15 is 0 Å². The zero-order chi connectivity index (χ0) is 21.1. The molecule has 0 saturated heterocycles. The molecule has 0 amide bonds. The number of hydrogen-bond donors (Lipinski definition) is 0. The van der Waals surface area contributed by atoms with Gasteiger partial charge in [-0.25, -0.2) is 13.3 Å². The number of nitrogens with zero attached hydrogens (tertiary/aromatic N) is 3. The number of benzene rings is 1. The molecule has 7 nitrogen and oxygen atoms in total. The SMILES string of the molecule is COc1cc2c(cc1OC)CN(CCCn1sc(=O)n(Cc3cccs3)c1=O)CC2. The Labute approximate surface area is 182 Å². The van der Waals surface area contributed by atoms with Gasteiger partial charge in [-0.2, -0.15) is 0 Å². The van der Waals surface area contributed by atoms with Crippen LogP contribution in [0.15, 0.2) is 39.2 Å². The van der Waals surface area contributed by atoms with E-state index in [0.29, 0.717) is 13.1 Å². The first-order valence-electron chi connectivity index (χ1n) is 9.88. The second-order valence-corrected chi connectivity index (χ2v) is 9.27. The monoisotopic (exact) mass is 447 g/mol. The smallest absolute Gasteiger partial charge is 0.341 e. The van der Waals surface area contributed by atoms with E-state index in [4.69, 9.17) is 9.47 Å². The standard InChI is InChI=1S/C21H25N3O4S2/c1-27-18-11-15-6-9-22(13-16(15)12-19(18)28-2)7-4-8-24-20(25)23(21(26)30-24)14-17-5-3-10-29-17/h3,5,10-12H,4,6-9,13-14H2,1-2H3. The molecule has 0 radical (unpaired) electrons. The highest BCUT2D eigenvalue weighted by atomic mass is 32.1. The first kappa shape index (κ1) is 20.9. The van der Waals surface area contributed by atoms with E-state index in [9.17, 15) is 9.59 Å². The Morgan fingerprint density at radius 3 is 2.53 bits per heavy atom. The minimum atomic E-state index is -0.209. The molecular formula is C21H25N3O4S2. The van der Waals surface area contributed by atoms with Gasteiger partial charge < -0.3 is 9.47 Å². The fraction of sp³-hybridized carbons (Fsp3) is 0.429. The van der Waals surface area contributed by atoms with Gasteiger partial charge in [0.1, 0.15) is 0 Å². The van der Waals surface area contributed by atoms with Gasteiger partial charge in [-0.15, -0.1) is 11.3 Å². The molecule has 0 aliphatic carbocycles. The van der Waals surface area contributed by atoms with Crippen molar-refractivity contribution in [2.45, 2.75) is 32.5 Å². The van der Waals surface area contributed by atoms with E-state index in [2.05, 4.69) is 17.0 Å². The van der Waals surface area contributed by atoms with Crippen molar-refractivity contribution in [3.05, 3.63) is 65.8 Å². The van der Waals surface area contributed by atoms with E-state index < -0.39 is 0 Å². The summed E-state index contributed by atoms with van der Waals surface area (Å²) in [4.78, 5) is 28.0. The van der Waals surface area contributed by atoms with Crippen LogP contribution in [0.1, 0.15) is 22.4 Å². The molecular weight excluding hydrogens is 422 g/mol. The Bertz CT molecular complexity index is 1110. The molecule has 1 aliphatic rings. The van der Waals surface area contributed by atoms with Crippen LogP contribution in [0.3, 0.4) is 0 Å². The molecule has 9 heteroatoms. The second-order valence-electron chi connectivity index (χ2n) is 7.26. The summed E-state index contributed by atoms with van der Waals surface area (Å²) in [6.07, 6.45) is 1.78. The molecule has 0 N–H and O–H groups in total. The first-order valence-corrected chi connectivity index (χ1v) is 11.5. The number of aromatic nitrogens is 2. The quantitative estimate of drug-likeness (QED) is 0.531. The second kappa shape index (κ2) is 9.20.